The highest BCUT2D eigenvalue weighted by Crippen LogP contribution is 2.43. The first-order valence-electron chi connectivity index (χ1n) is 22.4. The van der Waals surface area contributed by atoms with Gasteiger partial charge in [-0.15, -0.1) is 0 Å². The average molecular weight is 802 g/mol. The van der Waals surface area contributed by atoms with Crippen molar-refractivity contribution in [2.75, 3.05) is 26.4 Å². The van der Waals surface area contributed by atoms with E-state index in [9.17, 15) is 19.0 Å². The van der Waals surface area contributed by atoms with Crippen molar-refractivity contribution in [3.05, 3.63) is 24.3 Å². The third-order valence-electron chi connectivity index (χ3n) is 9.73. The first-order valence-corrected chi connectivity index (χ1v) is 23.9. The summed E-state index contributed by atoms with van der Waals surface area (Å²) in [6, 6.07) is -1.47. The van der Waals surface area contributed by atoms with Crippen molar-refractivity contribution in [1.82, 2.24) is 0 Å². The summed E-state index contributed by atoms with van der Waals surface area (Å²) < 4.78 is 33.3. The maximum absolute atomic E-state index is 12.5. The summed E-state index contributed by atoms with van der Waals surface area (Å²) in [6.45, 7) is 3.86. The zero-order valence-corrected chi connectivity index (χ0v) is 36.2. The number of esters is 1. The Morgan fingerprint density at radius 2 is 1.00 bits per heavy atom. The number of hydrogen-bond donors (Lipinski definition) is 3. The highest BCUT2D eigenvalue weighted by molar-refractivity contribution is 7.47. The van der Waals surface area contributed by atoms with Crippen molar-refractivity contribution in [3.63, 3.8) is 0 Å². The van der Waals surface area contributed by atoms with Gasteiger partial charge in [0.2, 0.25) is 0 Å². The largest absolute Gasteiger partial charge is 0.480 e. The van der Waals surface area contributed by atoms with Gasteiger partial charge in [-0.25, -0.2) is 4.57 Å². The molecule has 10 nitrogen and oxygen atoms in total. The lowest BCUT2D eigenvalue weighted by Gasteiger charge is -2.20. The molecule has 0 saturated heterocycles. The molecule has 0 aliphatic rings. The Balaban J connectivity index is 4.04. The quantitative estimate of drug-likeness (QED) is 0.0235. The number of phosphoric ester groups is 1. The summed E-state index contributed by atoms with van der Waals surface area (Å²) in [5.74, 6) is -1.78. The molecule has 0 aromatic heterocycles. The fourth-order valence-electron chi connectivity index (χ4n) is 6.22. The first kappa shape index (κ1) is 53.5. The van der Waals surface area contributed by atoms with Crippen LogP contribution in [0.1, 0.15) is 206 Å². The normalized spacial score (nSPS) is 14.1. The number of carbonyl (C=O) groups is 2. The van der Waals surface area contributed by atoms with Crippen molar-refractivity contribution in [2.24, 2.45) is 5.73 Å². The van der Waals surface area contributed by atoms with Crippen molar-refractivity contribution < 1.29 is 42.7 Å². The molecule has 0 radical (unpaired) electrons. The van der Waals surface area contributed by atoms with E-state index in [4.69, 9.17) is 29.4 Å². The molecule has 0 aromatic rings. The van der Waals surface area contributed by atoms with Gasteiger partial charge in [0.1, 0.15) is 12.1 Å². The predicted octanol–water partition coefficient (Wildman–Crippen LogP) is 12.3. The number of aliphatic carboxylic acids is 1. The van der Waals surface area contributed by atoms with E-state index in [1.54, 1.807) is 0 Å². The molecule has 0 bridgehead atoms. The fraction of sp³-hybridized carbons (Fsp3) is 0.864. The number of phosphoric acid groups is 1. The molecule has 0 heterocycles. The molecule has 3 atom stereocenters. The van der Waals surface area contributed by atoms with Crippen LogP contribution in [-0.2, 0) is 32.7 Å². The van der Waals surface area contributed by atoms with Gasteiger partial charge in [-0.1, -0.05) is 179 Å². The Morgan fingerprint density at radius 3 is 1.47 bits per heavy atom. The lowest BCUT2D eigenvalue weighted by molar-refractivity contribution is -0.154. The van der Waals surface area contributed by atoms with Crippen LogP contribution in [0.15, 0.2) is 24.3 Å². The monoisotopic (exact) mass is 802 g/mol. The van der Waals surface area contributed by atoms with E-state index >= 15 is 0 Å². The number of rotatable bonds is 43. The van der Waals surface area contributed by atoms with E-state index in [0.29, 0.717) is 13.0 Å². The van der Waals surface area contributed by atoms with Gasteiger partial charge >= 0.3 is 19.8 Å². The molecule has 0 amide bonds. The molecular formula is C44H84NO9P. The van der Waals surface area contributed by atoms with Gasteiger partial charge in [-0.2, -0.15) is 0 Å². The van der Waals surface area contributed by atoms with Gasteiger partial charge in [0.25, 0.3) is 0 Å². The Labute approximate surface area is 336 Å². The maximum Gasteiger partial charge on any atom is 0.472 e. The summed E-state index contributed by atoms with van der Waals surface area (Å²) in [6.07, 6.45) is 43.9. The molecule has 0 spiro atoms. The topological polar surface area (TPSA) is 155 Å². The van der Waals surface area contributed by atoms with E-state index in [1.165, 1.54) is 135 Å². The Morgan fingerprint density at radius 1 is 0.582 bits per heavy atom. The van der Waals surface area contributed by atoms with Gasteiger partial charge in [0, 0.05) is 13.0 Å². The molecule has 55 heavy (non-hydrogen) atoms. The van der Waals surface area contributed by atoms with Gasteiger partial charge in [-0.3, -0.25) is 18.6 Å². The number of carboxylic acid groups (broad SMARTS) is 1. The van der Waals surface area contributed by atoms with E-state index in [0.717, 1.165) is 44.9 Å². The van der Waals surface area contributed by atoms with Gasteiger partial charge in [0.15, 0.2) is 0 Å². The predicted molar refractivity (Wildman–Crippen MR) is 226 cm³/mol. The molecule has 0 aromatic carbocycles. The summed E-state index contributed by atoms with van der Waals surface area (Å²) in [7, 11) is -4.61. The molecule has 11 heteroatoms. The van der Waals surface area contributed by atoms with E-state index < -0.39 is 45.1 Å². The van der Waals surface area contributed by atoms with Crippen LogP contribution in [0, 0.1) is 0 Å². The molecule has 3 unspecified atom stereocenters. The van der Waals surface area contributed by atoms with Gasteiger partial charge < -0.3 is 25.2 Å². The standard InChI is InChI=1S/C44H84NO9P/c1-3-5-7-9-11-13-14-15-16-17-18-19-20-21-22-23-24-25-26-27-29-31-33-35-37-51-38-41(39-52-55(49,50)53-40-42(45)44(47)48)54-43(46)36-34-32-30-28-12-10-8-6-4-2/h14-15,17-18,41-42H,3-13,16,19-40,45H2,1-2H3,(H,47,48)(H,49,50)/b15-14-,18-17-. The van der Waals surface area contributed by atoms with Crippen LogP contribution in [0.4, 0.5) is 0 Å². The van der Waals surface area contributed by atoms with Crippen molar-refractivity contribution in [1.29, 1.82) is 0 Å². The summed E-state index contributed by atoms with van der Waals surface area (Å²) in [5, 5.41) is 8.88. The second-order valence-electron chi connectivity index (χ2n) is 15.2. The smallest absolute Gasteiger partial charge is 0.472 e. The van der Waals surface area contributed by atoms with E-state index in [2.05, 4.69) is 38.2 Å². The first-order chi connectivity index (χ1) is 26.7. The van der Waals surface area contributed by atoms with Crippen LogP contribution in [0.5, 0.6) is 0 Å². The van der Waals surface area contributed by atoms with Crippen molar-refractivity contribution in [2.45, 2.75) is 219 Å². The van der Waals surface area contributed by atoms with Gasteiger partial charge in [-0.05, 0) is 44.9 Å². The number of nitrogens with two attached hydrogens (primary N) is 1. The number of hydrogen-bond acceptors (Lipinski definition) is 8. The molecule has 0 fully saturated rings. The zero-order chi connectivity index (χ0) is 40.5. The van der Waals surface area contributed by atoms with Crippen LogP contribution in [0.25, 0.3) is 0 Å². The number of carbonyl (C=O) groups excluding carboxylic acids is 1. The second kappa shape index (κ2) is 40.6. The number of ether oxygens (including phenoxy) is 2. The minimum atomic E-state index is -4.61. The fourth-order valence-corrected chi connectivity index (χ4v) is 7.00. The number of unbranched alkanes of at least 4 members (excludes halogenated alkanes) is 25. The average Bonchev–Trinajstić information content (AvgIpc) is 3.16. The lowest BCUT2D eigenvalue weighted by atomic mass is 10.0. The molecule has 0 rings (SSSR count). The molecule has 0 aliphatic carbocycles. The molecule has 324 valence electrons. The highest BCUT2D eigenvalue weighted by Gasteiger charge is 2.27. The third kappa shape index (κ3) is 40.4. The van der Waals surface area contributed by atoms with Crippen molar-refractivity contribution >= 4 is 19.8 Å². The second-order valence-corrected chi connectivity index (χ2v) is 16.6. The Kier molecular flexibility index (Phi) is 39.5. The van der Waals surface area contributed by atoms with E-state index in [-0.39, 0.29) is 13.0 Å². The molecule has 0 aliphatic heterocycles. The zero-order valence-electron chi connectivity index (χ0n) is 35.3. The lowest BCUT2D eigenvalue weighted by Crippen LogP contribution is -2.34. The van der Waals surface area contributed by atoms with E-state index in [1.807, 2.05) is 0 Å². The SMILES string of the molecule is CCCCCCC/C=C\C/C=C\CCCCCCCCCCCCCCOCC(COP(=O)(O)OCC(N)C(=O)O)OC(=O)CCCCCCCCCCC. The molecular weight excluding hydrogens is 717 g/mol. The summed E-state index contributed by atoms with van der Waals surface area (Å²) >= 11 is 0. The third-order valence-corrected chi connectivity index (χ3v) is 10.7. The van der Waals surface area contributed by atoms with Crippen LogP contribution >= 0.6 is 7.82 Å². The summed E-state index contributed by atoms with van der Waals surface area (Å²) in [5.41, 5.74) is 5.35. The van der Waals surface area contributed by atoms with Crippen LogP contribution in [-0.4, -0.2) is 60.5 Å². The number of allylic oxidation sites excluding steroid dienone is 4. The van der Waals surface area contributed by atoms with Crippen molar-refractivity contribution in [3.8, 4) is 0 Å². The molecule has 4 N–H and O–H groups in total. The van der Waals surface area contributed by atoms with Crippen LogP contribution in [0.3, 0.4) is 0 Å². The molecule has 0 saturated carbocycles. The minimum Gasteiger partial charge on any atom is -0.480 e. The minimum absolute atomic E-state index is 0.0196. The summed E-state index contributed by atoms with van der Waals surface area (Å²) in [4.78, 5) is 33.4. The maximum atomic E-state index is 12.5. The van der Waals surface area contributed by atoms with Gasteiger partial charge in [0.05, 0.1) is 19.8 Å². The van der Waals surface area contributed by atoms with Crippen LogP contribution in [0.2, 0.25) is 0 Å². The Hall–Kier alpha value is -1.55. The highest BCUT2D eigenvalue weighted by atomic mass is 31.2. The van der Waals surface area contributed by atoms with Crippen LogP contribution < -0.4 is 5.73 Å². The number of carboxylic acids is 1. The Bertz CT molecular complexity index is 977.